The fourth-order valence-corrected chi connectivity index (χ4v) is 3.22. The summed E-state index contributed by atoms with van der Waals surface area (Å²) < 4.78 is 0.888. The largest absolute Gasteiger partial charge is 0.465 e. The maximum absolute atomic E-state index is 11.1. The molecule has 0 aliphatic rings. The molecule has 0 atom stereocenters. The normalized spacial score (nSPS) is 10.6. The average molecular weight is 363 g/mol. The predicted molar refractivity (Wildman–Crippen MR) is 93.8 cm³/mol. The van der Waals surface area contributed by atoms with Crippen LogP contribution in [0, 0.1) is 0 Å². The Labute approximate surface area is 145 Å². The molecular formula is C15H11ClN4O3S. The second-order valence-corrected chi connectivity index (χ2v) is 6.26. The highest BCUT2D eigenvalue weighted by Gasteiger charge is 2.10. The van der Waals surface area contributed by atoms with Gasteiger partial charge >= 0.3 is 6.09 Å². The van der Waals surface area contributed by atoms with Crippen LogP contribution in [0.4, 0.5) is 15.6 Å². The van der Waals surface area contributed by atoms with Gasteiger partial charge in [-0.15, -0.1) is 0 Å². The summed E-state index contributed by atoms with van der Waals surface area (Å²) >= 11 is 7.24. The molecule has 0 aliphatic heterocycles. The number of fused-ring (bicyclic) bond motifs is 1. The number of nitrogens with one attached hydrogen (secondary N) is 2. The first-order valence-electron chi connectivity index (χ1n) is 6.76. The van der Waals surface area contributed by atoms with E-state index in [2.05, 4.69) is 20.6 Å². The number of carboxylic acid groups (broad SMARTS) is 1. The van der Waals surface area contributed by atoms with Gasteiger partial charge in [0.2, 0.25) is 5.91 Å². The summed E-state index contributed by atoms with van der Waals surface area (Å²) in [6.07, 6.45) is 0.348. The summed E-state index contributed by atoms with van der Waals surface area (Å²) in [6, 6.07) is 7.18. The molecule has 7 nitrogen and oxygen atoms in total. The molecule has 0 fully saturated rings. The van der Waals surface area contributed by atoms with Gasteiger partial charge in [-0.25, -0.2) is 14.8 Å². The van der Waals surface area contributed by atoms with E-state index in [1.807, 2.05) is 18.2 Å². The summed E-state index contributed by atoms with van der Waals surface area (Å²) in [5.41, 5.74) is 2.51. The van der Waals surface area contributed by atoms with E-state index >= 15 is 0 Å². The summed E-state index contributed by atoms with van der Waals surface area (Å²) in [5.74, 6) is -0.180. The maximum atomic E-state index is 11.1. The number of carbonyl (C=O) groups is 2. The zero-order valence-electron chi connectivity index (χ0n) is 12.3. The fourth-order valence-electron chi connectivity index (χ4n) is 2.12. The summed E-state index contributed by atoms with van der Waals surface area (Å²) in [5, 5.41) is 14.3. The van der Waals surface area contributed by atoms with E-state index in [4.69, 9.17) is 16.7 Å². The Morgan fingerprint density at radius 3 is 2.71 bits per heavy atom. The molecule has 2 amide bonds. The first-order valence-corrected chi connectivity index (χ1v) is 7.96. The lowest BCUT2D eigenvalue weighted by atomic mass is 10.1. The fraction of sp³-hybridized carbons (Fsp3) is 0.0667. The number of carbonyl (C=O) groups excluding carboxylic acids is 1. The van der Waals surface area contributed by atoms with Gasteiger partial charge in [-0.2, -0.15) is 0 Å². The van der Waals surface area contributed by atoms with Gasteiger partial charge in [-0.3, -0.25) is 10.1 Å². The number of rotatable bonds is 3. The first-order chi connectivity index (χ1) is 11.4. The highest BCUT2D eigenvalue weighted by atomic mass is 35.5. The van der Waals surface area contributed by atoms with Crippen molar-refractivity contribution in [3.63, 3.8) is 0 Å². The highest BCUT2D eigenvalue weighted by molar-refractivity contribution is 7.22. The Balaban J connectivity index is 1.99. The SMILES string of the molecule is CC(=O)Nc1nc2ccc(-c3cnc(Cl)c(NC(=O)O)c3)cc2s1. The van der Waals surface area contributed by atoms with Gasteiger partial charge in [0.15, 0.2) is 10.3 Å². The third-order valence-corrected chi connectivity index (χ3v) is 4.32. The number of benzene rings is 1. The second-order valence-electron chi connectivity index (χ2n) is 4.88. The summed E-state index contributed by atoms with van der Waals surface area (Å²) in [7, 11) is 0. The molecule has 122 valence electrons. The molecule has 3 aromatic rings. The number of hydrogen-bond donors (Lipinski definition) is 3. The van der Waals surface area contributed by atoms with Crippen LogP contribution in [0.25, 0.3) is 21.3 Å². The van der Waals surface area contributed by atoms with E-state index in [0.29, 0.717) is 10.7 Å². The van der Waals surface area contributed by atoms with Crippen molar-refractivity contribution in [3.8, 4) is 11.1 Å². The number of halogens is 1. The molecule has 2 aromatic heterocycles. The topological polar surface area (TPSA) is 104 Å². The van der Waals surface area contributed by atoms with Crippen LogP contribution in [0.3, 0.4) is 0 Å². The third kappa shape index (κ3) is 3.44. The number of amides is 2. The van der Waals surface area contributed by atoms with E-state index in [-0.39, 0.29) is 16.7 Å². The van der Waals surface area contributed by atoms with Crippen molar-refractivity contribution in [1.29, 1.82) is 0 Å². The van der Waals surface area contributed by atoms with Crippen molar-refractivity contribution >= 4 is 56.0 Å². The molecule has 24 heavy (non-hydrogen) atoms. The molecule has 0 saturated heterocycles. The van der Waals surface area contributed by atoms with E-state index in [9.17, 15) is 9.59 Å². The lowest BCUT2D eigenvalue weighted by Crippen LogP contribution is -2.08. The van der Waals surface area contributed by atoms with Crippen molar-refractivity contribution < 1.29 is 14.7 Å². The Hall–Kier alpha value is -2.71. The minimum Gasteiger partial charge on any atom is -0.465 e. The minimum atomic E-state index is -1.21. The maximum Gasteiger partial charge on any atom is 0.409 e. The average Bonchev–Trinajstić information content (AvgIpc) is 2.89. The molecule has 0 unspecified atom stereocenters. The van der Waals surface area contributed by atoms with Crippen LogP contribution >= 0.6 is 22.9 Å². The van der Waals surface area contributed by atoms with Gasteiger partial charge in [0, 0.05) is 18.7 Å². The van der Waals surface area contributed by atoms with Gasteiger partial charge in [0.25, 0.3) is 0 Å². The first kappa shape index (κ1) is 16.2. The minimum absolute atomic E-state index is 0.0768. The monoisotopic (exact) mass is 362 g/mol. The molecule has 1 aromatic carbocycles. The molecule has 3 rings (SSSR count). The van der Waals surface area contributed by atoms with Gasteiger partial charge in [-0.1, -0.05) is 29.0 Å². The highest BCUT2D eigenvalue weighted by Crippen LogP contribution is 2.32. The van der Waals surface area contributed by atoms with Crippen molar-refractivity contribution in [1.82, 2.24) is 9.97 Å². The van der Waals surface area contributed by atoms with Gasteiger partial charge in [0.05, 0.1) is 15.9 Å². The van der Waals surface area contributed by atoms with Crippen LogP contribution in [0.2, 0.25) is 5.15 Å². The lowest BCUT2D eigenvalue weighted by molar-refractivity contribution is -0.114. The number of thiazole rings is 1. The van der Waals surface area contributed by atoms with Crippen molar-refractivity contribution in [2.24, 2.45) is 0 Å². The number of pyridine rings is 1. The van der Waals surface area contributed by atoms with Crippen molar-refractivity contribution in [2.45, 2.75) is 6.92 Å². The van der Waals surface area contributed by atoms with Crippen LogP contribution in [-0.4, -0.2) is 27.1 Å². The van der Waals surface area contributed by atoms with Crippen LogP contribution in [0.1, 0.15) is 6.92 Å². The van der Waals surface area contributed by atoms with E-state index < -0.39 is 6.09 Å². The number of hydrogen-bond acceptors (Lipinski definition) is 5. The molecule has 0 saturated carbocycles. The molecule has 0 bridgehead atoms. The molecule has 0 spiro atoms. The van der Waals surface area contributed by atoms with Crippen molar-refractivity contribution in [2.75, 3.05) is 10.6 Å². The Bertz CT molecular complexity index is 957. The molecule has 0 aliphatic carbocycles. The number of nitrogens with zero attached hydrogens (tertiary/aromatic N) is 2. The number of anilines is 2. The zero-order chi connectivity index (χ0) is 17.3. The number of aromatic nitrogens is 2. The smallest absolute Gasteiger partial charge is 0.409 e. The van der Waals surface area contributed by atoms with Crippen LogP contribution in [0.5, 0.6) is 0 Å². The summed E-state index contributed by atoms with van der Waals surface area (Å²) in [6.45, 7) is 1.42. The molecule has 2 heterocycles. The van der Waals surface area contributed by atoms with Crippen LogP contribution < -0.4 is 10.6 Å². The molecule has 0 radical (unpaired) electrons. The van der Waals surface area contributed by atoms with Crippen molar-refractivity contribution in [3.05, 3.63) is 35.6 Å². The van der Waals surface area contributed by atoms with E-state index in [1.54, 1.807) is 12.3 Å². The lowest BCUT2D eigenvalue weighted by Gasteiger charge is -2.06. The standard InChI is InChI=1S/C15H11ClN4O3S/c1-7(21)18-14-19-10-3-2-8(5-12(10)24-14)9-4-11(20-15(22)23)13(16)17-6-9/h2-6,20H,1H3,(H,22,23)(H,18,19,21). The van der Waals surface area contributed by atoms with Gasteiger partial charge in [-0.05, 0) is 23.8 Å². The zero-order valence-corrected chi connectivity index (χ0v) is 13.9. The van der Waals surface area contributed by atoms with E-state index in [1.165, 1.54) is 18.3 Å². The molecule has 3 N–H and O–H groups in total. The summed E-state index contributed by atoms with van der Waals surface area (Å²) in [4.78, 5) is 30.2. The second kappa shape index (κ2) is 6.42. The molecule has 9 heteroatoms. The predicted octanol–water partition coefficient (Wildman–Crippen LogP) is 4.06. The Morgan fingerprint density at radius 1 is 1.21 bits per heavy atom. The third-order valence-electron chi connectivity index (χ3n) is 3.09. The Kier molecular flexibility index (Phi) is 4.32. The quantitative estimate of drug-likeness (QED) is 0.609. The van der Waals surface area contributed by atoms with E-state index in [0.717, 1.165) is 15.8 Å². The molecular weight excluding hydrogens is 352 g/mol. The Morgan fingerprint density at radius 2 is 2.00 bits per heavy atom. The van der Waals surface area contributed by atoms with Crippen LogP contribution in [0.15, 0.2) is 30.5 Å². The van der Waals surface area contributed by atoms with Gasteiger partial charge < -0.3 is 10.4 Å². The van der Waals surface area contributed by atoms with Crippen LogP contribution in [-0.2, 0) is 4.79 Å². The van der Waals surface area contributed by atoms with Gasteiger partial charge in [0.1, 0.15) is 0 Å².